The minimum atomic E-state index is -3.69. The topological polar surface area (TPSA) is 134 Å². The second-order valence-corrected chi connectivity index (χ2v) is 6.39. The van der Waals surface area contributed by atoms with Crippen LogP contribution >= 0.6 is 0 Å². The molecular weight excluding hydrogens is 286 g/mol. The Morgan fingerprint density at radius 3 is 2.85 bits per heavy atom. The molecule has 0 aliphatic carbocycles. The van der Waals surface area contributed by atoms with Gasteiger partial charge >= 0.3 is 0 Å². The van der Waals surface area contributed by atoms with Gasteiger partial charge in [-0.2, -0.15) is 9.40 Å². The molecule has 1 aliphatic heterocycles. The van der Waals surface area contributed by atoms with E-state index in [1.54, 1.807) is 13.8 Å². The van der Waals surface area contributed by atoms with Crippen molar-refractivity contribution >= 4 is 15.9 Å². The van der Waals surface area contributed by atoms with Gasteiger partial charge in [0.05, 0.1) is 18.0 Å². The number of aromatic nitrogens is 2. The van der Waals surface area contributed by atoms with E-state index >= 15 is 0 Å². The van der Waals surface area contributed by atoms with Crippen LogP contribution in [-0.2, 0) is 14.8 Å². The number of rotatable bonds is 3. The van der Waals surface area contributed by atoms with Gasteiger partial charge in [0.15, 0.2) is 5.84 Å². The van der Waals surface area contributed by atoms with Crippen LogP contribution in [-0.4, -0.2) is 59.8 Å². The number of nitrogens with one attached hydrogen (secondary N) is 1. The minimum absolute atomic E-state index is 0.00227. The van der Waals surface area contributed by atoms with Gasteiger partial charge in [0.25, 0.3) is 0 Å². The summed E-state index contributed by atoms with van der Waals surface area (Å²) in [6, 6.07) is 0. The van der Waals surface area contributed by atoms with E-state index in [-0.39, 0.29) is 30.4 Å². The van der Waals surface area contributed by atoms with E-state index in [1.165, 1.54) is 4.31 Å². The molecule has 1 aromatic rings. The van der Waals surface area contributed by atoms with Gasteiger partial charge in [0.2, 0.25) is 10.0 Å². The highest BCUT2D eigenvalue weighted by atomic mass is 32.2. The smallest absolute Gasteiger partial charge is 0.246 e. The van der Waals surface area contributed by atoms with E-state index in [4.69, 9.17) is 15.7 Å². The molecule has 1 atom stereocenters. The lowest BCUT2D eigenvalue weighted by Gasteiger charge is -2.31. The number of oxime groups is 1. The zero-order valence-corrected chi connectivity index (χ0v) is 12.0. The summed E-state index contributed by atoms with van der Waals surface area (Å²) in [5.74, 6) is -0.148. The van der Waals surface area contributed by atoms with Crippen LogP contribution < -0.4 is 5.73 Å². The van der Waals surface area contributed by atoms with Crippen molar-refractivity contribution < 1.29 is 18.4 Å². The maximum Gasteiger partial charge on any atom is 0.246 e. The fraction of sp³-hybridized carbons (Fsp3) is 0.600. The summed E-state index contributed by atoms with van der Waals surface area (Å²) >= 11 is 0. The second kappa shape index (κ2) is 5.38. The highest BCUT2D eigenvalue weighted by Crippen LogP contribution is 2.23. The largest absolute Gasteiger partial charge is 0.409 e. The van der Waals surface area contributed by atoms with E-state index in [1.807, 2.05) is 0 Å². The quantitative estimate of drug-likeness (QED) is 0.288. The summed E-state index contributed by atoms with van der Waals surface area (Å²) < 4.78 is 31.8. The summed E-state index contributed by atoms with van der Waals surface area (Å²) in [6.45, 7) is 3.66. The Bertz CT molecular complexity index is 604. The first-order valence-corrected chi connectivity index (χ1v) is 7.42. The Labute approximate surface area is 116 Å². The van der Waals surface area contributed by atoms with Gasteiger partial charge in [0, 0.05) is 13.1 Å². The van der Waals surface area contributed by atoms with E-state index in [9.17, 15) is 8.42 Å². The van der Waals surface area contributed by atoms with Crippen molar-refractivity contribution in [3.8, 4) is 0 Å². The van der Waals surface area contributed by atoms with Gasteiger partial charge in [-0.05, 0) is 13.8 Å². The predicted molar refractivity (Wildman–Crippen MR) is 70.0 cm³/mol. The fourth-order valence-electron chi connectivity index (χ4n) is 2.14. The average Bonchev–Trinajstić information content (AvgIpc) is 2.78. The van der Waals surface area contributed by atoms with Crippen LogP contribution in [0.25, 0.3) is 0 Å². The Hall–Kier alpha value is -1.65. The molecule has 0 spiro atoms. The van der Waals surface area contributed by atoms with Crippen molar-refractivity contribution in [2.45, 2.75) is 24.8 Å². The van der Waals surface area contributed by atoms with Crippen LogP contribution in [0.5, 0.6) is 0 Å². The summed E-state index contributed by atoms with van der Waals surface area (Å²) in [6.07, 6.45) is -0.754. The molecule has 0 bridgehead atoms. The van der Waals surface area contributed by atoms with Gasteiger partial charge in [-0.25, -0.2) is 8.42 Å². The molecule has 112 valence electrons. The minimum Gasteiger partial charge on any atom is -0.409 e. The third-order valence-corrected chi connectivity index (χ3v) is 5.26. The van der Waals surface area contributed by atoms with E-state index in [2.05, 4.69) is 15.4 Å². The van der Waals surface area contributed by atoms with Crippen molar-refractivity contribution in [1.29, 1.82) is 0 Å². The number of amidine groups is 1. The number of nitrogens with two attached hydrogens (primary N) is 1. The molecule has 20 heavy (non-hydrogen) atoms. The summed E-state index contributed by atoms with van der Waals surface area (Å²) in [5, 5.41) is 18.1. The van der Waals surface area contributed by atoms with Gasteiger partial charge in [-0.15, -0.1) is 0 Å². The van der Waals surface area contributed by atoms with Crippen molar-refractivity contribution in [3.63, 3.8) is 0 Å². The van der Waals surface area contributed by atoms with Crippen LogP contribution in [0.2, 0.25) is 0 Å². The van der Waals surface area contributed by atoms with Crippen LogP contribution in [0.1, 0.15) is 11.4 Å². The first-order valence-electron chi connectivity index (χ1n) is 5.98. The molecule has 1 unspecified atom stereocenters. The molecule has 1 fully saturated rings. The van der Waals surface area contributed by atoms with Gasteiger partial charge < -0.3 is 15.7 Å². The lowest BCUT2D eigenvalue weighted by Crippen LogP contribution is -2.50. The number of aromatic amines is 1. The van der Waals surface area contributed by atoms with Crippen molar-refractivity contribution in [1.82, 2.24) is 14.5 Å². The van der Waals surface area contributed by atoms with Crippen LogP contribution in [0.3, 0.4) is 0 Å². The Kier molecular flexibility index (Phi) is 3.97. The lowest BCUT2D eigenvalue weighted by molar-refractivity contribution is 0.0355. The molecule has 2 rings (SSSR count). The molecule has 1 aromatic heterocycles. The van der Waals surface area contributed by atoms with Crippen LogP contribution in [0, 0.1) is 13.8 Å². The van der Waals surface area contributed by atoms with E-state index < -0.39 is 16.1 Å². The number of hydrogen-bond acceptors (Lipinski definition) is 6. The Morgan fingerprint density at radius 2 is 2.30 bits per heavy atom. The average molecular weight is 303 g/mol. The first-order chi connectivity index (χ1) is 9.37. The zero-order chi connectivity index (χ0) is 14.9. The second-order valence-electron chi connectivity index (χ2n) is 4.51. The number of aryl methyl sites for hydroxylation is 2. The van der Waals surface area contributed by atoms with E-state index in [0.717, 1.165) is 0 Å². The fourth-order valence-corrected chi connectivity index (χ4v) is 3.89. The number of hydrogen-bond donors (Lipinski definition) is 3. The number of ether oxygens (including phenoxy) is 1. The molecule has 10 heteroatoms. The van der Waals surface area contributed by atoms with Crippen molar-refractivity contribution in [2.75, 3.05) is 19.7 Å². The number of sulfonamides is 1. The molecule has 4 N–H and O–H groups in total. The molecule has 0 amide bonds. The molecule has 1 aliphatic rings. The SMILES string of the molecule is Cc1n[nH]c(C)c1S(=O)(=O)N1CCOC(C(N)=NO)C1. The molecule has 0 aromatic carbocycles. The van der Waals surface area contributed by atoms with Gasteiger partial charge in [0.1, 0.15) is 11.0 Å². The van der Waals surface area contributed by atoms with Gasteiger partial charge in [-0.1, -0.05) is 5.16 Å². The number of morpholine rings is 1. The highest BCUT2D eigenvalue weighted by Gasteiger charge is 2.35. The Balaban J connectivity index is 2.31. The Morgan fingerprint density at radius 1 is 1.60 bits per heavy atom. The third-order valence-electron chi connectivity index (χ3n) is 3.13. The first kappa shape index (κ1) is 14.8. The summed E-state index contributed by atoms with van der Waals surface area (Å²) in [7, 11) is -3.69. The third kappa shape index (κ3) is 2.49. The molecule has 1 saturated heterocycles. The standard InChI is InChI=1S/C10H17N5O4S/c1-6-9(7(2)13-12-6)20(17,18)15-3-4-19-8(5-15)10(11)14-16/h8,16H,3-5H2,1-2H3,(H2,11,14)(H,12,13). The molecule has 0 radical (unpaired) electrons. The monoisotopic (exact) mass is 303 g/mol. The molecule has 9 nitrogen and oxygen atoms in total. The molecular formula is C10H17N5O4S. The van der Waals surface area contributed by atoms with Crippen LogP contribution in [0.15, 0.2) is 10.1 Å². The predicted octanol–water partition coefficient (Wildman–Crippen LogP) is -0.838. The zero-order valence-electron chi connectivity index (χ0n) is 11.2. The molecule has 2 heterocycles. The highest BCUT2D eigenvalue weighted by molar-refractivity contribution is 7.89. The van der Waals surface area contributed by atoms with Crippen molar-refractivity contribution in [2.24, 2.45) is 10.9 Å². The normalized spacial score (nSPS) is 22.1. The maximum atomic E-state index is 12.6. The number of H-pyrrole nitrogens is 1. The summed E-state index contributed by atoms with van der Waals surface area (Å²) in [5.41, 5.74) is 6.36. The van der Waals surface area contributed by atoms with E-state index in [0.29, 0.717) is 11.4 Å². The van der Waals surface area contributed by atoms with Gasteiger partial charge in [-0.3, -0.25) is 5.10 Å². The summed E-state index contributed by atoms with van der Waals surface area (Å²) in [4.78, 5) is 0.164. The molecule has 0 saturated carbocycles. The number of nitrogens with zero attached hydrogens (tertiary/aromatic N) is 3. The van der Waals surface area contributed by atoms with Crippen molar-refractivity contribution in [3.05, 3.63) is 11.4 Å². The van der Waals surface area contributed by atoms with Crippen LogP contribution in [0.4, 0.5) is 0 Å². The maximum absolute atomic E-state index is 12.6. The lowest BCUT2D eigenvalue weighted by atomic mass is 10.3.